The molecule has 3 heterocycles. The van der Waals surface area contributed by atoms with Crippen molar-refractivity contribution in [1.82, 2.24) is 9.80 Å². The molecule has 2 bridgehead atoms. The topological polar surface area (TPSA) is 90.4 Å². The summed E-state index contributed by atoms with van der Waals surface area (Å²) in [5.41, 5.74) is 0.141. The maximum absolute atomic E-state index is 15.1. The number of hydrogen-bond acceptors (Lipinski definition) is 6. The number of thioether (sulfide) groups is 1. The number of likely N-dealkylation sites (tertiary alicyclic amines) is 1. The van der Waals surface area contributed by atoms with Crippen molar-refractivity contribution < 1.29 is 24.2 Å². The number of carbonyl (C=O) groups is 3. The molecule has 47 heavy (non-hydrogen) atoms. The summed E-state index contributed by atoms with van der Waals surface area (Å²) >= 11 is 1.66. The molecular formula is C38H57N3O5S. The van der Waals surface area contributed by atoms with Crippen LogP contribution in [-0.2, 0) is 14.4 Å². The molecule has 3 aliphatic heterocycles. The van der Waals surface area contributed by atoms with Gasteiger partial charge in [-0.25, -0.2) is 0 Å². The van der Waals surface area contributed by atoms with Gasteiger partial charge in [-0.05, 0) is 82.1 Å². The molecule has 1 aromatic carbocycles. The Hall–Kier alpha value is -2.78. The number of amides is 3. The third-order valence-electron chi connectivity index (χ3n) is 9.91. The van der Waals surface area contributed by atoms with Crippen LogP contribution in [0.5, 0.6) is 5.75 Å². The molecule has 0 radical (unpaired) electrons. The molecule has 0 aliphatic carbocycles. The highest BCUT2D eigenvalue weighted by atomic mass is 32.2. The van der Waals surface area contributed by atoms with Crippen LogP contribution in [0.4, 0.5) is 5.69 Å². The minimum atomic E-state index is -0.791. The van der Waals surface area contributed by atoms with Crippen molar-refractivity contribution in [1.29, 1.82) is 0 Å². The second-order valence-corrected chi connectivity index (χ2v) is 17.3. The third-order valence-corrected chi connectivity index (χ3v) is 11.9. The molecule has 0 aromatic heterocycles. The van der Waals surface area contributed by atoms with E-state index in [1.807, 2.05) is 36.1 Å². The molecule has 1 N–H and O–H groups in total. The van der Waals surface area contributed by atoms with Gasteiger partial charge in [0.2, 0.25) is 17.7 Å². The summed E-state index contributed by atoms with van der Waals surface area (Å²) < 4.78 is 4.86. The van der Waals surface area contributed by atoms with Crippen molar-refractivity contribution in [3.05, 3.63) is 49.6 Å². The number of carbonyl (C=O) groups excluding carboxylic acids is 3. The van der Waals surface area contributed by atoms with Gasteiger partial charge in [-0.2, -0.15) is 0 Å². The molecule has 3 amide bonds. The second-order valence-electron chi connectivity index (χ2n) is 15.7. The molecule has 1 aromatic rings. The van der Waals surface area contributed by atoms with Crippen molar-refractivity contribution in [2.45, 2.75) is 109 Å². The zero-order valence-electron chi connectivity index (χ0n) is 29.8. The normalized spacial score (nSPS) is 25.9. The van der Waals surface area contributed by atoms with Gasteiger partial charge in [-0.15, -0.1) is 24.9 Å². The summed E-state index contributed by atoms with van der Waals surface area (Å²) in [6.07, 6.45) is 6.18. The Morgan fingerprint density at radius 1 is 1.11 bits per heavy atom. The maximum Gasteiger partial charge on any atom is 0.247 e. The summed E-state index contributed by atoms with van der Waals surface area (Å²) in [5.74, 6) is -0.777. The number of benzene rings is 1. The monoisotopic (exact) mass is 667 g/mol. The van der Waals surface area contributed by atoms with Crippen LogP contribution in [-0.4, -0.2) is 86.6 Å². The van der Waals surface area contributed by atoms with Crippen LogP contribution >= 0.6 is 11.8 Å². The summed E-state index contributed by atoms with van der Waals surface area (Å²) in [7, 11) is 0. The van der Waals surface area contributed by atoms with E-state index in [0.29, 0.717) is 38.2 Å². The minimum Gasteiger partial charge on any atom is -0.494 e. The number of anilines is 1. The Morgan fingerprint density at radius 3 is 2.28 bits per heavy atom. The Morgan fingerprint density at radius 2 is 1.74 bits per heavy atom. The molecule has 0 saturated carbocycles. The molecule has 2 unspecified atom stereocenters. The Kier molecular flexibility index (Phi) is 11.3. The van der Waals surface area contributed by atoms with E-state index >= 15 is 4.79 Å². The number of rotatable bonds is 15. The van der Waals surface area contributed by atoms with E-state index in [1.54, 1.807) is 33.7 Å². The van der Waals surface area contributed by atoms with E-state index in [2.05, 4.69) is 61.6 Å². The fraction of sp³-hybridized carbons (Fsp3) is 0.658. The van der Waals surface area contributed by atoms with Crippen molar-refractivity contribution in [3.8, 4) is 5.75 Å². The first-order chi connectivity index (χ1) is 22.1. The van der Waals surface area contributed by atoms with Crippen LogP contribution in [0.3, 0.4) is 0 Å². The Balaban J connectivity index is 1.81. The molecular weight excluding hydrogens is 611 g/mol. The van der Waals surface area contributed by atoms with Gasteiger partial charge in [0, 0.05) is 29.6 Å². The zero-order valence-corrected chi connectivity index (χ0v) is 30.6. The minimum absolute atomic E-state index is 0.0476. The van der Waals surface area contributed by atoms with Crippen molar-refractivity contribution in [2.75, 3.05) is 31.2 Å². The van der Waals surface area contributed by atoms with Gasteiger partial charge in [-0.3, -0.25) is 14.4 Å². The number of hydrogen-bond donors (Lipinski definition) is 1. The molecule has 260 valence electrons. The predicted molar refractivity (Wildman–Crippen MR) is 192 cm³/mol. The number of nitrogens with zero attached hydrogens (tertiary/aromatic N) is 3. The molecule has 6 atom stereocenters. The van der Waals surface area contributed by atoms with Crippen molar-refractivity contribution in [3.63, 3.8) is 0 Å². The van der Waals surface area contributed by atoms with E-state index in [1.165, 1.54) is 0 Å². The summed E-state index contributed by atoms with van der Waals surface area (Å²) in [6, 6.07) is 6.11. The van der Waals surface area contributed by atoms with E-state index < -0.39 is 34.2 Å². The lowest BCUT2D eigenvalue weighted by molar-refractivity contribution is -0.149. The second kappa shape index (κ2) is 14.4. The average molecular weight is 668 g/mol. The SMILES string of the molecule is C=CCN(C(=O)[C@@H]1[C@@H]2CCC3(S2)C(C(=O)N(CC=C)C(C)(C)CC(C)(C)C)N([C@@H](CO)CC(C)C)C(=O)[C@H]13)c1ccc(OCC)cc1. The highest BCUT2D eigenvalue weighted by Crippen LogP contribution is 2.67. The zero-order chi connectivity index (χ0) is 34.9. The lowest BCUT2D eigenvalue weighted by atomic mass is 9.70. The highest BCUT2D eigenvalue weighted by molar-refractivity contribution is 8.02. The molecule has 8 nitrogen and oxygen atoms in total. The standard InChI is InChI=1S/C38H57N3O5S/c1-11-20-39(26-14-16-28(17-15-26)46-13-3)33(43)30-29-18-19-38(47-29)31(30)34(44)41(27(23-42)22-25(4)5)32(38)35(45)40(21-12-2)37(9,10)24-36(6,7)8/h11-12,14-17,25,27,29-32,42H,1-2,13,18-24H2,3-10H3/t27-,29+,30-,31+,32?,38?/m1/s1. The van der Waals surface area contributed by atoms with Gasteiger partial charge in [-0.1, -0.05) is 46.8 Å². The number of ether oxygens (including phenoxy) is 1. The van der Waals surface area contributed by atoms with Crippen LogP contribution in [0.25, 0.3) is 0 Å². The van der Waals surface area contributed by atoms with E-state index in [-0.39, 0.29) is 40.9 Å². The van der Waals surface area contributed by atoms with Crippen LogP contribution in [0.2, 0.25) is 0 Å². The van der Waals surface area contributed by atoms with E-state index in [4.69, 9.17) is 4.74 Å². The lowest BCUT2D eigenvalue weighted by Crippen LogP contribution is -2.61. The van der Waals surface area contributed by atoms with Crippen molar-refractivity contribution in [2.24, 2.45) is 23.2 Å². The first-order valence-electron chi connectivity index (χ1n) is 17.2. The van der Waals surface area contributed by atoms with Gasteiger partial charge in [0.15, 0.2) is 0 Å². The molecule has 9 heteroatoms. The van der Waals surface area contributed by atoms with Crippen LogP contribution in [0.15, 0.2) is 49.6 Å². The molecule has 1 spiro atoms. The number of aliphatic hydroxyl groups is 1. The first-order valence-corrected chi connectivity index (χ1v) is 18.1. The lowest BCUT2D eigenvalue weighted by Gasteiger charge is -2.46. The summed E-state index contributed by atoms with van der Waals surface area (Å²) in [4.78, 5) is 50.0. The van der Waals surface area contributed by atoms with Gasteiger partial charge >= 0.3 is 0 Å². The van der Waals surface area contributed by atoms with Crippen LogP contribution in [0, 0.1) is 23.2 Å². The fourth-order valence-corrected chi connectivity index (χ4v) is 10.9. The van der Waals surface area contributed by atoms with Gasteiger partial charge in [0.25, 0.3) is 0 Å². The predicted octanol–water partition coefficient (Wildman–Crippen LogP) is 6.33. The average Bonchev–Trinajstić information content (AvgIpc) is 3.63. The van der Waals surface area contributed by atoms with Gasteiger partial charge < -0.3 is 24.5 Å². The smallest absolute Gasteiger partial charge is 0.247 e. The van der Waals surface area contributed by atoms with E-state index in [9.17, 15) is 14.7 Å². The largest absolute Gasteiger partial charge is 0.494 e. The Bertz CT molecular complexity index is 1320. The van der Waals surface area contributed by atoms with E-state index in [0.717, 1.165) is 18.6 Å². The number of aliphatic hydroxyl groups excluding tert-OH is 1. The summed E-state index contributed by atoms with van der Waals surface area (Å²) in [6.45, 7) is 25.6. The maximum atomic E-state index is 15.1. The quantitative estimate of drug-likeness (QED) is 0.220. The molecule has 3 saturated heterocycles. The fourth-order valence-electron chi connectivity index (χ4n) is 8.69. The number of fused-ring (bicyclic) bond motifs is 1. The van der Waals surface area contributed by atoms with Gasteiger partial charge in [0.05, 0.1) is 35.8 Å². The van der Waals surface area contributed by atoms with Gasteiger partial charge in [0.1, 0.15) is 11.8 Å². The van der Waals surface area contributed by atoms with Crippen LogP contribution < -0.4 is 9.64 Å². The molecule has 3 aliphatic rings. The Labute approximate surface area is 287 Å². The molecule has 4 rings (SSSR count). The third kappa shape index (κ3) is 7.17. The highest BCUT2D eigenvalue weighted by Gasteiger charge is 2.75. The summed E-state index contributed by atoms with van der Waals surface area (Å²) in [5, 5.41) is 10.7. The van der Waals surface area contributed by atoms with Crippen molar-refractivity contribution >= 4 is 35.2 Å². The molecule has 3 fully saturated rings. The van der Waals surface area contributed by atoms with Crippen LogP contribution in [0.1, 0.15) is 81.1 Å². The first kappa shape index (κ1) is 37.0.